The van der Waals surface area contributed by atoms with Gasteiger partial charge in [-0.15, -0.1) is 0 Å². The lowest BCUT2D eigenvalue weighted by Gasteiger charge is -2.14. The number of hydrogen-bond donors (Lipinski definition) is 1. The Hall–Kier alpha value is -1.81. The van der Waals surface area contributed by atoms with Crippen LogP contribution in [0.15, 0.2) is 42.5 Å². The summed E-state index contributed by atoms with van der Waals surface area (Å²) in [7, 11) is 0. The fraction of sp³-hybridized carbons (Fsp3) is 0.250. The van der Waals surface area contributed by atoms with Gasteiger partial charge < -0.3 is 5.11 Å². The fourth-order valence-corrected chi connectivity index (χ4v) is 2.12. The molecule has 0 aliphatic carbocycles. The van der Waals surface area contributed by atoms with E-state index in [1.807, 2.05) is 0 Å². The highest BCUT2D eigenvalue weighted by Crippen LogP contribution is 2.25. The lowest BCUT2D eigenvalue weighted by atomic mass is 9.97. The Labute approximate surface area is 115 Å². The van der Waals surface area contributed by atoms with E-state index in [4.69, 9.17) is 0 Å². The zero-order valence-electron chi connectivity index (χ0n) is 11.0. The van der Waals surface area contributed by atoms with E-state index in [0.717, 1.165) is 11.1 Å². The highest BCUT2D eigenvalue weighted by molar-refractivity contribution is 5.31. The summed E-state index contributed by atoms with van der Waals surface area (Å²) in [6.45, 7) is 1.75. The summed E-state index contributed by atoms with van der Waals surface area (Å²) in [5.41, 5.74) is 1.85. The molecule has 0 amide bonds. The van der Waals surface area contributed by atoms with E-state index in [9.17, 15) is 18.3 Å². The van der Waals surface area contributed by atoms with Gasteiger partial charge in [-0.05, 0) is 41.8 Å². The molecule has 20 heavy (non-hydrogen) atoms. The molecule has 0 saturated heterocycles. The molecule has 2 aromatic rings. The monoisotopic (exact) mass is 280 g/mol. The highest BCUT2D eigenvalue weighted by atomic mass is 19.3. The molecule has 0 saturated carbocycles. The molecular formula is C16H15F3O. The van der Waals surface area contributed by atoms with Gasteiger partial charge in [0.2, 0.25) is 0 Å². The molecule has 0 radical (unpaired) electrons. The van der Waals surface area contributed by atoms with Crippen molar-refractivity contribution in [2.75, 3.05) is 0 Å². The largest absolute Gasteiger partial charge is 0.388 e. The van der Waals surface area contributed by atoms with E-state index in [1.165, 1.54) is 30.3 Å². The Balaban J connectivity index is 2.19. The topological polar surface area (TPSA) is 20.2 Å². The lowest BCUT2D eigenvalue weighted by Crippen LogP contribution is -2.04. The maximum absolute atomic E-state index is 13.0. The molecule has 1 atom stereocenters. The van der Waals surface area contributed by atoms with Crippen LogP contribution < -0.4 is 0 Å². The molecule has 4 heteroatoms. The molecule has 2 rings (SSSR count). The minimum absolute atomic E-state index is 0.114. The number of alkyl halides is 2. The number of benzene rings is 2. The summed E-state index contributed by atoms with van der Waals surface area (Å²) < 4.78 is 38.2. The van der Waals surface area contributed by atoms with Crippen molar-refractivity contribution >= 4 is 0 Å². The van der Waals surface area contributed by atoms with Crippen molar-refractivity contribution in [2.45, 2.75) is 25.9 Å². The second-order valence-corrected chi connectivity index (χ2v) is 4.76. The third-order valence-corrected chi connectivity index (χ3v) is 3.27. The van der Waals surface area contributed by atoms with Crippen LogP contribution in [-0.2, 0) is 6.42 Å². The van der Waals surface area contributed by atoms with Gasteiger partial charge in [0.1, 0.15) is 5.82 Å². The van der Waals surface area contributed by atoms with Crippen LogP contribution >= 0.6 is 0 Å². The maximum Gasteiger partial charge on any atom is 0.263 e. The van der Waals surface area contributed by atoms with Crippen LogP contribution in [0.3, 0.4) is 0 Å². The normalized spacial score (nSPS) is 12.7. The number of rotatable bonds is 4. The third kappa shape index (κ3) is 3.39. The van der Waals surface area contributed by atoms with Gasteiger partial charge in [0.15, 0.2) is 0 Å². The number of hydrogen-bond acceptors (Lipinski definition) is 1. The lowest BCUT2D eigenvalue weighted by molar-refractivity contribution is 0.149. The van der Waals surface area contributed by atoms with E-state index in [0.29, 0.717) is 5.56 Å². The SMILES string of the molecule is Cc1cc(F)ccc1CC(O)c1cccc(C(F)F)c1. The van der Waals surface area contributed by atoms with Crippen molar-refractivity contribution in [1.29, 1.82) is 0 Å². The summed E-state index contributed by atoms with van der Waals surface area (Å²) in [6, 6.07) is 10.0. The Morgan fingerprint density at radius 2 is 1.75 bits per heavy atom. The molecule has 0 fully saturated rings. The van der Waals surface area contributed by atoms with Crippen LogP contribution in [0.1, 0.15) is 34.8 Å². The molecule has 0 aliphatic rings. The Bertz CT molecular complexity index is 596. The minimum Gasteiger partial charge on any atom is -0.388 e. The van der Waals surface area contributed by atoms with Crippen LogP contribution in [-0.4, -0.2) is 5.11 Å². The first-order chi connectivity index (χ1) is 9.47. The molecule has 0 aliphatic heterocycles. The average Bonchev–Trinajstić information content (AvgIpc) is 2.42. The van der Waals surface area contributed by atoms with E-state index in [1.54, 1.807) is 19.1 Å². The van der Waals surface area contributed by atoms with Crippen LogP contribution in [0.5, 0.6) is 0 Å². The van der Waals surface area contributed by atoms with Crippen LogP contribution in [0, 0.1) is 12.7 Å². The quantitative estimate of drug-likeness (QED) is 0.883. The zero-order chi connectivity index (χ0) is 14.7. The van der Waals surface area contributed by atoms with Crippen LogP contribution in [0.2, 0.25) is 0 Å². The molecule has 0 spiro atoms. The van der Waals surface area contributed by atoms with E-state index in [-0.39, 0.29) is 17.8 Å². The first-order valence-electron chi connectivity index (χ1n) is 6.28. The maximum atomic E-state index is 13.0. The van der Waals surface area contributed by atoms with Gasteiger partial charge in [0.05, 0.1) is 6.10 Å². The van der Waals surface area contributed by atoms with Gasteiger partial charge >= 0.3 is 0 Å². The second kappa shape index (κ2) is 6.09. The van der Waals surface area contributed by atoms with Crippen molar-refractivity contribution in [2.24, 2.45) is 0 Å². The highest BCUT2D eigenvalue weighted by Gasteiger charge is 2.13. The van der Waals surface area contributed by atoms with Crippen molar-refractivity contribution in [3.63, 3.8) is 0 Å². The Kier molecular flexibility index (Phi) is 4.45. The molecular weight excluding hydrogens is 265 g/mol. The summed E-state index contributed by atoms with van der Waals surface area (Å²) in [6.07, 6.45) is -3.19. The molecule has 1 nitrogen and oxygen atoms in total. The summed E-state index contributed by atoms with van der Waals surface area (Å²) in [4.78, 5) is 0. The summed E-state index contributed by atoms with van der Waals surface area (Å²) >= 11 is 0. The van der Waals surface area contributed by atoms with Gasteiger partial charge in [0, 0.05) is 12.0 Å². The molecule has 1 N–H and O–H groups in total. The average molecular weight is 280 g/mol. The molecule has 0 aromatic heterocycles. The first-order valence-corrected chi connectivity index (χ1v) is 6.28. The van der Waals surface area contributed by atoms with Crippen molar-refractivity contribution < 1.29 is 18.3 Å². The summed E-state index contributed by atoms with van der Waals surface area (Å²) in [5, 5.41) is 10.1. The van der Waals surface area contributed by atoms with Gasteiger partial charge in [-0.2, -0.15) is 0 Å². The number of aliphatic hydroxyl groups is 1. The van der Waals surface area contributed by atoms with Gasteiger partial charge in [0.25, 0.3) is 6.43 Å². The van der Waals surface area contributed by atoms with E-state index in [2.05, 4.69) is 0 Å². The van der Waals surface area contributed by atoms with Gasteiger partial charge in [-0.3, -0.25) is 0 Å². The second-order valence-electron chi connectivity index (χ2n) is 4.76. The van der Waals surface area contributed by atoms with Crippen molar-refractivity contribution in [3.8, 4) is 0 Å². The van der Waals surface area contributed by atoms with Crippen LogP contribution in [0.25, 0.3) is 0 Å². The van der Waals surface area contributed by atoms with Crippen molar-refractivity contribution in [1.82, 2.24) is 0 Å². The van der Waals surface area contributed by atoms with Gasteiger partial charge in [-0.25, -0.2) is 13.2 Å². The molecule has 0 bridgehead atoms. The number of aryl methyl sites for hydroxylation is 1. The fourth-order valence-electron chi connectivity index (χ4n) is 2.12. The molecule has 106 valence electrons. The molecule has 0 heterocycles. The molecule has 1 unspecified atom stereocenters. The van der Waals surface area contributed by atoms with E-state index >= 15 is 0 Å². The Morgan fingerprint density at radius 1 is 1.05 bits per heavy atom. The Morgan fingerprint density at radius 3 is 2.40 bits per heavy atom. The third-order valence-electron chi connectivity index (χ3n) is 3.27. The van der Waals surface area contributed by atoms with Gasteiger partial charge in [-0.1, -0.05) is 24.3 Å². The number of aliphatic hydroxyl groups excluding tert-OH is 1. The standard InChI is InChI=1S/C16H15F3O/c1-10-7-14(17)6-5-11(10)9-15(20)12-3-2-4-13(8-12)16(18)19/h2-8,15-16,20H,9H2,1H3. The van der Waals surface area contributed by atoms with E-state index < -0.39 is 12.5 Å². The predicted octanol–water partition coefficient (Wildman–Crippen LogP) is 4.35. The number of halogens is 3. The van der Waals surface area contributed by atoms with Crippen molar-refractivity contribution in [3.05, 3.63) is 70.5 Å². The zero-order valence-corrected chi connectivity index (χ0v) is 11.0. The minimum atomic E-state index is -2.56. The first kappa shape index (κ1) is 14.6. The molecule has 2 aromatic carbocycles. The predicted molar refractivity (Wildman–Crippen MR) is 71.2 cm³/mol. The van der Waals surface area contributed by atoms with Crippen LogP contribution in [0.4, 0.5) is 13.2 Å². The summed E-state index contributed by atoms with van der Waals surface area (Å²) in [5.74, 6) is -0.333. The smallest absolute Gasteiger partial charge is 0.263 e.